The second-order valence-corrected chi connectivity index (χ2v) is 5.58. The number of aliphatic carboxylic acids is 1. The number of nitrogens with zero attached hydrogens (tertiary/aromatic N) is 1. The molecule has 2 unspecified atom stereocenters. The molecule has 6 heteroatoms. The number of benzene rings is 1. The van der Waals surface area contributed by atoms with E-state index in [-0.39, 0.29) is 22.4 Å². The zero-order valence-corrected chi connectivity index (χ0v) is 12.0. The van der Waals surface area contributed by atoms with Crippen LogP contribution in [0.3, 0.4) is 0 Å². The van der Waals surface area contributed by atoms with Crippen molar-refractivity contribution >= 4 is 11.7 Å². The predicted molar refractivity (Wildman–Crippen MR) is 78.0 cm³/mol. The third kappa shape index (κ3) is 3.58. The van der Waals surface area contributed by atoms with Gasteiger partial charge in [-0.25, -0.2) is 0 Å². The molecule has 1 fully saturated rings. The number of carboxylic acid groups (broad SMARTS) is 1. The Morgan fingerprint density at radius 2 is 2.24 bits per heavy atom. The lowest BCUT2D eigenvalue weighted by molar-refractivity contribution is -0.385. The van der Waals surface area contributed by atoms with Crippen LogP contribution in [0.5, 0.6) is 0 Å². The Morgan fingerprint density at radius 3 is 2.90 bits per heavy atom. The molecule has 1 saturated carbocycles. The highest BCUT2D eigenvalue weighted by atomic mass is 16.6. The summed E-state index contributed by atoms with van der Waals surface area (Å²) in [6.45, 7) is 2.90. The first-order chi connectivity index (χ1) is 10.0. The topological polar surface area (TPSA) is 92.5 Å². The first kappa shape index (κ1) is 15.4. The summed E-state index contributed by atoms with van der Waals surface area (Å²) in [5.41, 5.74) is 1.67. The summed E-state index contributed by atoms with van der Waals surface area (Å²) in [6, 6.07) is 5.03. The summed E-state index contributed by atoms with van der Waals surface area (Å²) in [7, 11) is 0. The molecule has 114 valence electrons. The van der Waals surface area contributed by atoms with E-state index in [4.69, 9.17) is 5.11 Å². The zero-order chi connectivity index (χ0) is 15.4. The number of hydrogen-bond donors (Lipinski definition) is 2. The Bertz CT molecular complexity index is 544. The molecule has 1 aliphatic rings. The largest absolute Gasteiger partial charge is 0.481 e. The van der Waals surface area contributed by atoms with Gasteiger partial charge in [-0.3, -0.25) is 14.9 Å². The lowest BCUT2D eigenvalue weighted by Crippen LogP contribution is -2.28. The van der Waals surface area contributed by atoms with Gasteiger partial charge in [0.2, 0.25) is 0 Å². The van der Waals surface area contributed by atoms with E-state index in [1.54, 1.807) is 13.0 Å². The third-order valence-electron chi connectivity index (χ3n) is 4.31. The molecule has 0 bridgehead atoms. The molecule has 1 aromatic carbocycles. The van der Waals surface area contributed by atoms with E-state index in [1.165, 1.54) is 6.07 Å². The zero-order valence-electron chi connectivity index (χ0n) is 12.0. The van der Waals surface area contributed by atoms with Crippen LogP contribution in [-0.2, 0) is 11.3 Å². The highest BCUT2D eigenvalue weighted by Gasteiger charge is 2.32. The van der Waals surface area contributed by atoms with Crippen LogP contribution in [0.2, 0.25) is 0 Å². The summed E-state index contributed by atoms with van der Waals surface area (Å²) < 4.78 is 0. The second-order valence-electron chi connectivity index (χ2n) is 5.58. The minimum atomic E-state index is -0.717. The lowest BCUT2D eigenvalue weighted by Gasteiger charge is -2.16. The van der Waals surface area contributed by atoms with Gasteiger partial charge in [-0.05, 0) is 37.8 Å². The summed E-state index contributed by atoms with van der Waals surface area (Å²) in [4.78, 5) is 21.6. The molecular formula is C15H20N2O4. The van der Waals surface area contributed by atoms with E-state index in [2.05, 4.69) is 5.32 Å². The highest BCUT2D eigenvalue weighted by Crippen LogP contribution is 2.31. The SMILES string of the molecule is Cc1c(CNCC2CCCC2C(=O)O)cccc1[N+](=O)[O-]. The van der Waals surface area contributed by atoms with Crippen LogP contribution in [0.15, 0.2) is 18.2 Å². The van der Waals surface area contributed by atoms with Crippen molar-refractivity contribution in [3.05, 3.63) is 39.4 Å². The molecular weight excluding hydrogens is 272 g/mol. The standard InChI is InChI=1S/C15H20N2O4/c1-10-11(4-3-7-14(10)17(20)21)8-16-9-12-5-2-6-13(12)15(18)19/h3-4,7,12-13,16H,2,5-6,8-9H2,1H3,(H,18,19). The summed E-state index contributed by atoms with van der Waals surface area (Å²) in [5, 5.41) is 23.3. The average Bonchev–Trinajstić information content (AvgIpc) is 2.89. The molecule has 6 nitrogen and oxygen atoms in total. The van der Waals surface area contributed by atoms with Gasteiger partial charge in [0.05, 0.1) is 10.8 Å². The van der Waals surface area contributed by atoms with Crippen molar-refractivity contribution in [2.45, 2.75) is 32.7 Å². The van der Waals surface area contributed by atoms with Gasteiger partial charge in [0.1, 0.15) is 0 Å². The minimum absolute atomic E-state index is 0.124. The quantitative estimate of drug-likeness (QED) is 0.620. The maximum atomic E-state index is 11.1. The van der Waals surface area contributed by atoms with E-state index >= 15 is 0 Å². The fourth-order valence-corrected chi connectivity index (χ4v) is 3.06. The molecule has 0 heterocycles. The number of nitrogens with one attached hydrogen (secondary N) is 1. The number of nitro benzene ring substituents is 1. The van der Waals surface area contributed by atoms with Gasteiger partial charge in [-0.1, -0.05) is 18.6 Å². The first-order valence-electron chi connectivity index (χ1n) is 7.17. The second kappa shape index (κ2) is 6.67. The van der Waals surface area contributed by atoms with Gasteiger partial charge in [0, 0.05) is 18.2 Å². The number of rotatable bonds is 6. The van der Waals surface area contributed by atoms with Crippen molar-refractivity contribution in [1.82, 2.24) is 5.32 Å². The molecule has 0 radical (unpaired) electrons. The summed E-state index contributed by atoms with van der Waals surface area (Å²) in [5.74, 6) is -0.823. The van der Waals surface area contributed by atoms with E-state index < -0.39 is 5.97 Å². The van der Waals surface area contributed by atoms with Crippen LogP contribution in [0.1, 0.15) is 30.4 Å². The summed E-state index contributed by atoms with van der Waals surface area (Å²) in [6.07, 6.45) is 2.63. The lowest BCUT2D eigenvalue weighted by atomic mass is 9.96. The van der Waals surface area contributed by atoms with Crippen LogP contribution >= 0.6 is 0 Å². The molecule has 2 N–H and O–H groups in total. The average molecular weight is 292 g/mol. The Morgan fingerprint density at radius 1 is 1.48 bits per heavy atom. The number of carboxylic acids is 1. The Labute approximate surface area is 123 Å². The molecule has 0 amide bonds. The molecule has 0 aromatic heterocycles. The van der Waals surface area contributed by atoms with Gasteiger partial charge in [0.15, 0.2) is 0 Å². The van der Waals surface area contributed by atoms with Gasteiger partial charge in [0.25, 0.3) is 5.69 Å². The van der Waals surface area contributed by atoms with Crippen molar-refractivity contribution in [3.8, 4) is 0 Å². The van der Waals surface area contributed by atoms with Crippen LogP contribution in [-0.4, -0.2) is 22.5 Å². The number of nitro groups is 1. The highest BCUT2D eigenvalue weighted by molar-refractivity contribution is 5.70. The smallest absolute Gasteiger partial charge is 0.306 e. The van der Waals surface area contributed by atoms with E-state index in [0.717, 1.165) is 24.8 Å². The van der Waals surface area contributed by atoms with Crippen LogP contribution in [0.25, 0.3) is 0 Å². The van der Waals surface area contributed by atoms with E-state index in [9.17, 15) is 14.9 Å². The molecule has 2 rings (SSSR count). The van der Waals surface area contributed by atoms with Crippen molar-refractivity contribution in [3.63, 3.8) is 0 Å². The molecule has 2 atom stereocenters. The molecule has 0 spiro atoms. The fourth-order valence-electron chi connectivity index (χ4n) is 3.06. The monoisotopic (exact) mass is 292 g/mol. The van der Waals surface area contributed by atoms with Crippen LogP contribution < -0.4 is 5.32 Å². The Kier molecular flexibility index (Phi) is 4.90. The van der Waals surface area contributed by atoms with E-state index in [1.807, 2.05) is 6.07 Å². The predicted octanol–water partition coefficient (Wildman–Crippen LogP) is 2.49. The van der Waals surface area contributed by atoms with Crippen molar-refractivity contribution < 1.29 is 14.8 Å². The maximum absolute atomic E-state index is 11.1. The van der Waals surface area contributed by atoms with Crippen molar-refractivity contribution in [2.75, 3.05) is 6.54 Å². The molecule has 1 aliphatic carbocycles. The fraction of sp³-hybridized carbons (Fsp3) is 0.533. The van der Waals surface area contributed by atoms with Crippen LogP contribution in [0, 0.1) is 28.9 Å². The van der Waals surface area contributed by atoms with Gasteiger partial charge < -0.3 is 10.4 Å². The number of carbonyl (C=O) groups is 1. The van der Waals surface area contributed by atoms with Crippen molar-refractivity contribution in [1.29, 1.82) is 0 Å². The van der Waals surface area contributed by atoms with Gasteiger partial charge in [-0.2, -0.15) is 0 Å². The third-order valence-corrected chi connectivity index (χ3v) is 4.31. The molecule has 0 saturated heterocycles. The number of hydrogen-bond acceptors (Lipinski definition) is 4. The molecule has 0 aliphatic heterocycles. The van der Waals surface area contributed by atoms with Crippen molar-refractivity contribution in [2.24, 2.45) is 11.8 Å². The Balaban J connectivity index is 1.93. The molecule has 1 aromatic rings. The van der Waals surface area contributed by atoms with Crippen LogP contribution in [0.4, 0.5) is 5.69 Å². The Hall–Kier alpha value is -1.95. The molecule has 21 heavy (non-hydrogen) atoms. The first-order valence-corrected chi connectivity index (χ1v) is 7.17. The van der Waals surface area contributed by atoms with Gasteiger partial charge >= 0.3 is 5.97 Å². The van der Waals surface area contributed by atoms with E-state index in [0.29, 0.717) is 18.7 Å². The summed E-state index contributed by atoms with van der Waals surface area (Å²) >= 11 is 0. The normalized spacial score (nSPS) is 21.4. The van der Waals surface area contributed by atoms with Gasteiger partial charge in [-0.15, -0.1) is 0 Å². The minimum Gasteiger partial charge on any atom is -0.481 e. The maximum Gasteiger partial charge on any atom is 0.306 e.